The second kappa shape index (κ2) is 8.82. The van der Waals surface area contributed by atoms with Gasteiger partial charge in [-0.05, 0) is 12.2 Å². The van der Waals surface area contributed by atoms with Crippen LogP contribution in [0.4, 0.5) is 0 Å². The Morgan fingerprint density at radius 1 is 1.33 bits per heavy atom. The second-order valence-electron chi connectivity index (χ2n) is 0.402. The molecule has 5 heteroatoms. The minimum absolute atomic E-state index is 0.000000000000000222. The largest absolute Gasteiger partial charge is 0.377 e. The Balaban J connectivity index is 0. The van der Waals surface area contributed by atoms with Gasteiger partial charge < -0.3 is 16.7 Å². The van der Waals surface area contributed by atoms with Crippen molar-refractivity contribution < 1.29 is 5.21 Å². The summed E-state index contributed by atoms with van der Waals surface area (Å²) in [7, 11) is 0. The molecule has 0 rings (SSSR count). The quantitative estimate of drug-likeness (QED) is 0.225. The topological polar surface area (TPSA) is 98.3 Å². The van der Waals surface area contributed by atoms with Crippen molar-refractivity contribution in [3.05, 3.63) is 0 Å². The molecule has 0 aromatic heterocycles. The summed E-state index contributed by atoms with van der Waals surface area (Å²) < 4.78 is 0. The van der Waals surface area contributed by atoms with Gasteiger partial charge in [0.05, 0.1) is 0 Å². The van der Waals surface area contributed by atoms with Crippen molar-refractivity contribution in [3.63, 3.8) is 0 Å². The molecular formula is CH7N3OS. The van der Waals surface area contributed by atoms with Crippen LogP contribution in [0.3, 0.4) is 0 Å². The number of rotatable bonds is 0. The van der Waals surface area contributed by atoms with Gasteiger partial charge in [0.15, 0.2) is 5.11 Å². The SMILES string of the molecule is NC(N)=S.NO. The second-order valence-corrected chi connectivity index (χ2v) is 0.874. The maximum atomic E-state index is 6.50. The van der Waals surface area contributed by atoms with Gasteiger partial charge in [-0.3, -0.25) is 0 Å². The van der Waals surface area contributed by atoms with Crippen LogP contribution in [0.15, 0.2) is 0 Å². The van der Waals surface area contributed by atoms with Crippen LogP contribution in [-0.4, -0.2) is 10.3 Å². The van der Waals surface area contributed by atoms with E-state index in [0.29, 0.717) is 0 Å². The number of hydrogen-bond donors (Lipinski definition) is 4. The molecule has 0 saturated heterocycles. The zero-order valence-corrected chi connectivity index (χ0v) is 3.90. The highest BCUT2D eigenvalue weighted by Crippen LogP contribution is 1.32. The fraction of sp³-hybridized carbons (Fsp3) is 0. The van der Waals surface area contributed by atoms with Gasteiger partial charge in [0.1, 0.15) is 0 Å². The zero-order valence-electron chi connectivity index (χ0n) is 3.09. The number of hydrogen-bond acceptors (Lipinski definition) is 3. The molecule has 0 radical (unpaired) electrons. The Kier molecular flexibility index (Phi) is 13.4. The Labute approximate surface area is 40.9 Å². The monoisotopic (exact) mass is 109 g/mol. The molecular weight excluding hydrogens is 102 g/mol. The molecule has 38 valence electrons. The third-order valence-electron chi connectivity index (χ3n) is 0. The van der Waals surface area contributed by atoms with E-state index in [2.05, 4.69) is 29.6 Å². The summed E-state index contributed by atoms with van der Waals surface area (Å²) in [4.78, 5) is 0. The first-order valence-electron chi connectivity index (χ1n) is 1.04. The third kappa shape index (κ3) is 162. The van der Waals surface area contributed by atoms with Crippen LogP contribution in [0.1, 0.15) is 0 Å². The summed E-state index contributed by atoms with van der Waals surface area (Å²) in [6.45, 7) is 0. The van der Waals surface area contributed by atoms with E-state index in [0.717, 1.165) is 0 Å². The number of nitrogens with two attached hydrogens (primary N) is 3. The summed E-state index contributed by atoms with van der Waals surface area (Å²) in [5.74, 6) is 3.50. The van der Waals surface area contributed by atoms with E-state index in [-0.39, 0.29) is 5.11 Å². The molecule has 0 spiro atoms. The molecule has 7 N–H and O–H groups in total. The van der Waals surface area contributed by atoms with Crippen LogP contribution in [0, 0.1) is 0 Å². The number of thiocarbonyl (C=S) groups is 1. The molecule has 4 nitrogen and oxygen atoms in total. The lowest BCUT2D eigenvalue weighted by Crippen LogP contribution is -2.18. The normalized spacial score (nSPS) is 5.00. The summed E-state index contributed by atoms with van der Waals surface area (Å²) in [5.41, 5.74) is 9.24. The van der Waals surface area contributed by atoms with Gasteiger partial charge in [0, 0.05) is 0 Å². The lowest BCUT2D eigenvalue weighted by atomic mass is 11.3. The Bertz CT molecular complexity index is 33.8. The molecule has 0 aliphatic rings. The Morgan fingerprint density at radius 2 is 1.33 bits per heavy atom. The average Bonchev–Trinajstić information content (AvgIpc) is 1.41. The van der Waals surface area contributed by atoms with Crippen LogP contribution >= 0.6 is 12.2 Å². The minimum atomic E-state index is 0.000000000000000222. The third-order valence-corrected chi connectivity index (χ3v) is 0. The van der Waals surface area contributed by atoms with Crippen LogP contribution in [0.2, 0.25) is 0 Å². The van der Waals surface area contributed by atoms with Crippen molar-refractivity contribution >= 4 is 17.3 Å². The minimum Gasteiger partial charge on any atom is -0.377 e. The van der Waals surface area contributed by atoms with Crippen molar-refractivity contribution in [1.29, 1.82) is 0 Å². The maximum absolute atomic E-state index is 6.50. The molecule has 0 atom stereocenters. The van der Waals surface area contributed by atoms with Gasteiger partial charge in [-0.1, -0.05) is 0 Å². The summed E-state index contributed by atoms with van der Waals surface area (Å²) >= 11 is 4.09. The molecule has 0 unspecified atom stereocenters. The Hall–Kier alpha value is -0.390. The molecule has 0 aliphatic carbocycles. The fourth-order valence-corrected chi connectivity index (χ4v) is 0. The van der Waals surface area contributed by atoms with Gasteiger partial charge in [0.2, 0.25) is 0 Å². The summed E-state index contributed by atoms with van der Waals surface area (Å²) in [5, 5.41) is 6.50. The van der Waals surface area contributed by atoms with E-state index >= 15 is 0 Å². The predicted molar refractivity (Wildman–Crippen MR) is 26.9 cm³/mol. The van der Waals surface area contributed by atoms with Crippen molar-refractivity contribution in [2.45, 2.75) is 0 Å². The standard InChI is InChI=1S/CH4N2S.H3NO/c2-1(3)4;1-2/h(H4,2,3,4);2H,1H2. The molecule has 0 fully saturated rings. The average molecular weight is 109 g/mol. The molecule has 0 aromatic carbocycles. The first-order chi connectivity index (χ1) is 2.73. The van der Waals surface area contributed by atoms with Crippen LogP contribution in [0.25, 0.3) is 0 Å². The van der Waals surface area contributed by atoms with Crippen molar-refractivity contribution in [2.75, 3.05) is 0 Å². The molecule has 0 aromatic rings. The van der Waals surface area contributed by atoms with Gasteiger partial charge in [-0.15, -0.1) is 0 Å². The zero-order chi connectivity index (χ0) is 5.58. The van der Waals surface area contributed by atoms with E-state index in [1.54, 1.807) is 0 Å². The van der Waals surface area contributed by atoms with Gasteiger partial charge in [-0.2, -0.15) is 0 Å². The van der Waals surface area contributed by atoms with Crippen molar-refractivity contribution in [3.8, 4) is 0 Å². The van der Waals surface area contributed by atoms with Crippen molar-refractivity contribution in [1.82, 2.24) is 0 Å². The molecule has 0 saturated carbocycles. The Morgan fingerprint density at radius 3 is 1.33 bits per heavy atom. The van der Waals surface area contributed by atoms with Gasteiger partial charge in [-0.25, -0.2) is 5.90 Å². The van der Waals surface area contributed by atoms with Crippen LogP contribution < -0.4 is 17.4 Å². The summed E-state index contributed by atoms with van der Waals surface area (Å²) in [6, 6.07) is 0. The van der Waals surface area contributed by atoms with Crippen LogP contribution in [0.5, 0.6) is 0 Å². The molecule has 0 bridgehead atoms. The van der Waals surface area contributed by atoms with E-state index in [4.69, 9.17) is 5.21 Å². The fourth-order valence-electron chi connectivity index (χ4n) is 0. The summed E-state index contributed by atoms with van der Waals surface area (Å²) in [6.07, 6.45) is 0. The first kappa shape index (κ1) is 9.15. The van der Waals surface area contributed by atoms with Crippen LogP contribution in [-0.2, 0) is 0 Å². The molecule has 0 amide bonds. The van der Waals surface area contributed by atoms with E-state index < -0.39 is 0 Å². The lowest BCUT2D eigenvalue weighted by Gasteiger charge is -1.68. The molecule has 6 heavy (non-hydrogen) atoms. The lowest BCUT2D eigenvalue weighted by molar-refractivity contribution is 0.311. The van der Waals surface area contributed by atoms with E-state index in [1.807, 2.05) is 0 Å². The van der Waals surface area contributed by atoms with E-state index in [1.165, 1.54) is 0 Å². The first-order valence-corrected chi connectivity index (χ1v) is 1.45. The maximum Gasteiger partial charge on any atom is 0.160 e. The highest BCUT2D eigenvalue weighted by atomic mass is 32.1. The highest BCUT2D eigenvalue weighted by molar-refractivity contribution is 7.80. The predicted octanol–water partition coefficient (Wildman–Crippen LogP) is -1.48. The molecule has 0 aliphatic heterocycles. The highest BCUT2D eigenvalue weighted by Gasteiger charge is 1.53. The van der Waals surface area contributed by atoms with Gasteiger partial charge in [0.25, 0.3) is 0 Å². The van der Waals surface area contributed by atoms with Crippen molar-refractivity contribution in [2.24, 2.45) is 17.4 Å². The van der Waals surface area contributed by atoms with E-state index in [9.17, 15) is 0 Å². The molecule has 0 heterocycles. The van der Waals surface area contributed by atoms with Gasteiger partial charge >= 0.3 is 0 Å². The smallest absolute Gasteiger partial charge is 0.160 e.